The van der Waals surface area contributed by atoms with E-state index in [1.807, 2.05) is 0 Å². The van der Waals surface area contributed by atoms with Crippen LogP contribution in [0.2, 0.25) is 0 Å². The van der Waals surface area contributed by atoms with Gasteiger partial charge in [-0.15, -0.1) is 10.2 Å². The van der Waals surface area contributed by atoms with E-state index >= 15 is 0 Å². The molecule has 72 valence electrons. The molecule has 1 aliphatic rings. The lowest BCUT2D eigenvalue weighted by atomic mass is 10.1. The number of halogens is 2. The molecular formula is C7H9F2N3S. The molecular weight excluding hydrogens is 196 g/mol. The highest BCUT2D eigenvalue weighted by molar-refractivity contribution is 7.11. The van der Waals surface area contributed by atoms with Gasteiger partial charge >= 0.3 is 0 Å². The van der Waals surface area contributed by atoms with Crippen molar-refractivity contribution in [1.29, 1.82) is 0 Å². The van der Waals surface area contributed by atoms with Gasteiger partial charge in [0.05, 0.1) is 0 Å². The molecule has 3 nitrogen and oxygen atoms in total. The Bertz CT molecular complexity index is 308. The number of nitrogens with zero attached hydrogens (tertiary/aromatic N) is 2. The van der Waals surface area contributed by atoms with E-state index in [2.05, 4.69) is 10.2 Å². The van der Waals surface area contributed by atoms with Crippen LogP contribution in [0.3, 0.4) is 0 Å². The summed E-state index contributed by atoms with van der Waals surface area (Å²) in [5, 5.41) is 7.66. The fraction of sp³-hybridized carbons (Fsp3) is 0.714. The molecule has 1 fully saturated rings. The average molecular weight is 205 g/mol. The van der Waals surface area contributed by atoms with E-state index in [1.165, 1.54) is 0 Å². The maximum atomic E-state index is 12.2. The lowest BCUT2D eigenvalue weighted by Crippen LogP contribution is -2.19. The monoisotopic (exact) mass is 205 g/mol. The van der Waals surface area contributed by atoms with Crippen molar-refractivity contribution in [2.24, 2.45) is 5.73 Å². The molecule has 1 saturated carbocycles. The summed E-state index contributed by atoms with van der Waals surface area (Å²) in [7, 11) is 0. The van der Waals surface area contributed by atoms with Gasteiger partial charge < -0.3 is 5.73 Å². The summed E-state index contributed by atoms with van der Waals surface area (Å²) in [6.07, 6.45) is -0.622. The van der Waals surface area contributed by atoms with Crippen LogP contribution in [-0.4, -0.2) is 16.7 Å². The van der Waals surface area contributed by atoms with Crippen molar-refractivity contribution in [3.05, 3.63) is 10.0 Å². The smallest absolute Gasteiger partial charge is 0.291 e. The summed E-state index contributed by atoms with van der Waals surface area (Å²) in [6, 6.07) is 0. The highest BCUT2D eigenvalue weighted by atomic mass is 32.1. The Hall–Kier alpha value is -0.620. The molecule has 1 aromatic rings. The van der Waals surface area contributed by atoms with Crippen molar-refractivity contribution in [2.45, 2.75) is 24.7 Å². The molecule has 1 aliphatic carbocycles. The van der Waals surface area contributed by atoms with Gasteiger partial charge in [0, 0.05) is 12.0 Å². The van der Waals surface area contributed by atoms with E-state index in [0.717, 1.165) is 24.2 Å². The summed E-state index contributed by atoms with van der Waals surface area (Å²) >= 11 is 0.983. The van der Waals surface area contributed by atoms with Crippen LogP contribution < -0.4 is 5.73 Å². The van der Waals surface area contributed by atoms with E-state index in [4.69, 9.17) is 5.73 Å². The molecule has 0 radical (unpaired) electrons. The quantitative estimate of drug-likeness (QED) is 0.812. The number of rotatable bonds is 3. The predicted molar refractivity (Wildman–Crippen MR) is 44.8 cm³/mol. The molecule has 1 aromatic heterocycles. The van der Waals surface area contributed by atoms with Crippen LogP contribution in [0.15, 0.2) is 0 Å². The maximum absolute atomic E-state index is 12.2. The summed E-state index contributed by atoms with van der Waals surface area (Å²) in [5.41, 5.74) is 5.42. The minimum Gasteiger partial charge on any atom is -0.329 e. The molecule has 0 amide bonds. The third-order valence-electron chi connectivity index (χ3n) is 2.33. The Morgan fingerprint density at radius 2 is 2.15 bits per heavy atom. The molecule has 0 bridgehead atoms. The number of hydrogen-bond acceptors (Lipinski definition) is 4. The van der Waals surface area contributed by atoms with Crippen molar-refractivity contribution in [2.75, 3.05) is 6.54 Å². The van der Waals surface area contributed by atoms with Crippen molar-refractivity contribution in [1.82, 2.24) is 10.2 Å². The average Bonchev–Trinajstić information content (AvgIpc) is 2.75. The highest BCUT2D eigenvalue weighted by Gasteiger charge is 2.46. The minimum absolute atomic E-state index is 0.120. The second kappa shape index (κ2) is 2.95. The lowest BCUT2D eigenvalue weighted by Gasteiger charge is -2.04. The normalized spacial score (nSPS) is 19.4. The van der Waals surface area contributed by atoms with Crippen LogP contribution in [0.25, 0.3) is 0 Å². The van der Waals surface area contributed by atoms with Gasteiger partial charge in [0.15, 0.2) is 5.01 Å². The zero-order valence-corrected chi connectivity index (χ0v) is 7.65. The fourth-order valence-corrected chi connectivity index (χ4v) is 2.15. The van der Waals surface area contributed by atoms with Gasteiger partial charge in [-0.3, -0.25) is 0 Å². The van der Waals surface area contributed by atoms with Crippen LogP contribution in [-0.2, 0) is 5.41 Å². The molecule has 2 rings (SSSR count). The summed E-state index contributed by atoms with van der Waals surface area (Å²) < 4.78 is 24.3. The first-order valence-electron chi connectivity index (χ1n) is 4.00. The molecule has 1 heterocycles. The summed E-state index contributed by atoms with van der Waals surface area (Å²) in [6.45, 7) is 0.477. The molecule has 2 N–H and O–H groups in total. The van der Waals surface area contributed by atoms with Crippen LogP contribution >= 0.6 is 11.3 Å². The zero-order chi connectivity index (χ0) is 9.47. The second-order valence-electron chi connectivity index (χ2n) is 3.23. The first-order valence-corrected chi connectivity index (χ1v) is 4.82. The third-order valence-corrected chi connectivity index (χ3v) is 3.50. The molecule has 0 aliphatic heterocycles. The standard InChI is InChI=1S/C7H9F2N3S/c8-4(9)5-11-12-6(13-5)7(3-10)1-2-7/h4H,1-3,10H2. The highest BCUT2D eigenvalue weighted by Crippen LogP contribution is 2.48. The Balaban J connectivity index is 2.23. The Morgan fingerprint density at radius 1 is 1.46 bits per heavy atom. The molecule has 0 atom stereocenters. The third kappa shape index (κ3) is 1.44. The molecule has 13 heavy (non-hydrogen) atoms. The first-order chi connectivity index (χ1) is 6.18. The van der Waals surface area contributed by atoms with Crippen molar-refractivity contribution in [3.8, 4) is 0 Å². The van der Waals surface area contributed by atoms with E-state index in [9.17, 15) is 8.78 Å². The predicted octanol–water partition coefficient (Wildman–Crippen LogP) is 1.47. The number of hydrogen-bond donors (Lipinski definition) is 1. The topological polar surface area (TPSA) is 51.8 Å². The van der Waals surface area contributed by atoms with Crippen LogP contribution in [0, 0.1) is 0 Å². The van der Waals surface area contributed by atoms with Crippen LogP contribution in [0.1, 0.15) is 29.3 Å². The summed E-state index contributed by atoms with van der Waals surface area (Å²) in [4.78, 5) is 0. The SMILES string of the molecule is NCC1(c2nnc(C(F)F)s2)CC1. The van der Waals surface area contributed by atoms with E-state index in [0.29, 0.717) is 11.6 Å². The Labute approximate surface area is 78.0 Å². The van der Waals surface area contributed by atoms with Crippen LogP contribution in [0.4, 0.5) is 8.78 Å². The Kier molecular flexibility index (Phi) is 2.03. The Morgan fingerprint density at radius 3 is 2.54 bits per heavy atom. The molecule has 0 saturated heterocycles. The van der Waals surface area contributed by atoms with E-state index in [-0.39, 0.29) is 10.4 Å². The molecule has 0 unspecified atom stereocenters. The zero-order valence-electron chi connectivity index (χ0n) is 6.83. The number of alkyl halides is 2. The molecule has 0 spiro atoms. The van der Waals surface area contributed by atoms with Gasteiger partial charge in [-0.2, -0.15) is 0 Å². The van der Waals surface area contributed by atoms with Gasteiger partial charge in [0.25, 0.3) is 6.43 Å². The number of aromatic nitrogens is 2. The van der Waals surface area contributed by atoms with Crippen molar-refractivity contribution < 1.29 is 8.78 Å². The molecule has 6 heteroatoms. The summed E-state index contributed by atoms with van der Waals surface area (Å²) in [5.74, 6) is 0. The van der Waals surface area contributed by atoms with Gasteiger partial charge in [-0.25, -0.2) is 8.78 Å². The minimum atomic E-state index is -2.51. The van der Waals surface area contributed by atoms with Gasteiger partial charge in [-0.05, 0) is 12.8 Å². The van der Waals surface area contributed by atoms with Crippen molar-refractivity contribution >= 4 is 11.3 Å². The van der Waals surface area contributed by atoms with Crippen molar-refractivity contribution in [3.63, 3.8) is 0 Å². The number of nitrogens with two attached hydrogens (primary N) is 1. The second-order valence-corrected chi connectivity index (χ2v) is 4.24. The fourth-order valence-electron chi connectivity index (χ4n) is 1.19. The first kappa shape index (κ1) is 8.96. The van der Waals surface area contributed by atoms with Gasteiger partial charge in [0.1, 0.15) is 5.01 Å². The van der Waals surface area contributed by atoms with Gasteiger partial charge in [-0.1, -0.05) is 11.3 Å². The maximum Gasteiger partial charge on any atom is 0.291 e. The molecule has 0 aromatic carbocycles. The largest absolute Gasteiger partial charge is 0.329 e. The lowest BCUT2D eigenvalue weighted by molar-refractivity contribution is 0.150. The van der Waals surface area contributed by atoms with Gasteiger partial charge in [0.2, 0.25) is 0 Å². The van der Waals surface area contributed by atoms with E-state index in [1.54, 1.807) is 0 Å². The van der Waals surface area contributed by atoms with E-state index < -0.39 is 6.43 Å². The van der Waals surface area contributed by atoms with Crippen LogP contribution in [0.5, 0.6) is 0 Å².